The van der Waals surface area contributed by atoms with Crippen LogP contribution < -0.4 is 9.64 Å². The maximum atomic E-state index is 12.4. The van der Waals surface area contributed by atoms with E-state index >= 15 is 0 Å². The lowest BCUT2D eigenvalue weighted by Crippen LogP contribution is -2.61. The van der Waals surface area contributed by atoms with Crippen molar-refractivity contribution >= 4 is 23.6 Å². The molecule has 0 N–H and O–H groups in total. The van der Waals surface area contributed by atoms with Crippen LogP contribution >= 0.6 is 0 Å². The van der Waals surface area contributed by atoms with Crippen molar-refractivity contribution in [3.8, 4) is 5.75 Å². The summed E-state index contributed by atoms with van der Waals surface area (Å²) in [6, 6.07) is 12.9. The van der Waals surface area contributed by atoms with E-state index < -0.39 is 17.5 Å². The molecule has 2 aromatic rings. The number of carbonyl (C=O) groups excluding carboxylic acids is 3. The zero-order valence-corrected chi connectivity index (χ0v) is 25.7. The first-order chi connectivity index (χ1) is 20.5. The van der Waals surface area contributed by atoms with Gasteiger partial charge < -0.3 is 28.6 Å². The number of nitrogens with zero attached hydrogens (tertiary/aromatic N) is 2. The Morgan fingerprint density at radius 2 is 1.51 bits per heavy atom. The molecule has 0 unspecified atom stereocenters. The van der Waals surface area contributed by atoms with E-state index in [1.807, 2.05) is 45.0 Å². The topological polar surface area (TPSA) is 104 Å². The number of ether oxygens (including phenoxy) is 5. The van der Waals surface area contributed by atoms with Crippen molar-refractivity contribution in [2.45, 2.75) is 69.8 Å². The van der Waals surface area contributed by atoms with Crippen molar-refractivity contribution in [3.05, 3.63) is 59.2 Å². The number of morpholine rings is 1. The molecule has 0 radical (unpaired) electrons. The summed E-state index contributed by atoms with van der Waals surface area (Å²) in [6.07, 6.45) is 3.68. The van der Waals surface area contributed by atoms with Crippen LogP contribution in [0.15, 0.2) is 42.5 Å². The number of anilines is 1. The highest BCUT2D eigenvalue weighted by Gasteiger charge is 2.44. The van der Waals surface area contributed by atoms with Crippen molar-refractivity contribution in [1.82, 2.24) is 4.90 Å². The monoisotopic (exact) mass is 594 g/mol. The normalized spacial score (nSPS) is 21.9. The molecule has 1 saturated carbocycles. The Kier molecular flexibility index (Phi) is 8.99. The van der Waals surface area contributed by atoms with Crippen LogP contribution in [0.4, 0.5) is 5.69 Å². The molecule has 0 aromatic heterocycles. The molecular weight excluding hydrogens is 552 g/mol. The molecule has 10 nitrogen and oxygen atoms in total. The second-order valence-electron chi connectivity index (χ2n) is 12.6. The van der Waals surface area contributed by atoms with Crippen LogP contribution in [0.3, 0.4) is 0 Å². The number of carbonyl (C=O) groups is 3. The summed E-state index contributed by atoms with van der Waals surface area (Å²) in [7, 11) is 2.55. The van der Waals surface area contributed by atoms with Gasteiger partial charge >= 0.3 is 17.9 Å². The number of benzene rings is 2. The lowest BCUT2D eigenvalue weighted by atomic mass is 9.83. The van der Waals surface area contributed by atoms with Crippen molar-refractivity contribution < 1.29 is 38.1 Å². The van der Waals surface area contributed by atoms with E-state index in [-0.39, 0.29) is 28.8 Å². The second kappa shape index (κ2) is 12.5. The fourth-order valence-electron chi connectivity index (χ4n) is 6.09. The highest BCUT2D eigenvalue weighted by molar-refractivity contribution is 6.03. The molecule has 43 heavy (non-hydrogen) atoms. The van der Waals surface area contributed by atoms with Crippen LogP contribution in [-0.4, -0.2) is 93.2 Å². The summed E-state index contributed by atoms with van der Waals surface area (Å²) in [5.74, 6) is -0.988. The third-order valence-electron chi connectivity index (χ3n) is 8.51. The van der Waals surface area contributed by atoms with Crippen LogP contribution in [0.1, 0.15) is 77.5 Å². The van der Waals surface area contributed by atoms with Gasteiger partial charge in [0.25, 0.3) is 0 Å². The fraction of sp³-hybridized carbons (Fsp3) is 0.545. The Morgan fingerprint density at radius 3 is 2.14 bits per heavy atom. The van der Waals surface area contributed by atoms with E-state index in [1.54, 1.807) is 12.1 Å². The number of piperidine rings is 1. The third kappa shape index (κ3) is 7.13. The Hall–Kier alpha value is -3.63. The molecule has 2 heterocycles. The number of hydrogen-bond acceptors (Lipinski definition) is 10. The van der Waals surface area contributed by atoms with E-state index in [1.165, 1.54) is 20.3 Å². The van der Waals surface area contributed by atoms with Gasteiger partial charge in [0.1, 0.15) is 17.5 Å². The molecule has 2 aromatic carbocycles. The van der Waals surface area contributed by atoms with Crippen LogP contribution in [0.25, 0.3) is 0 Å². The molecule has 0 amide bonds. The van der Waals surface area contributed by atoms with Gasteiger partial charge in [-0.15, -0.1) is 0 Å². The first kappa shape index (κ1) is 30.8. The molecule has 1 aliphatic carbocycles. The van der Waals surface area contributed by atoms with Gasteiger partial charge in [-0.05, 0) is 76.1 Å². The average Bonchev–Trinajstić information content (AvgIpc) is 2.97. The van der Waals surface area contributed by atoms with Crippen molar-refractivity contribution in [2.24, 2.45) is 0 Å². The number of esters is 3. The SMILES string of the molecule is COC(=O)c1ccc(OC2CC(N3CCOC4(CCN(c5ccc(C(=O)OC(C)(C)C)cc5)CC4)C3)C2)cc1C(=O)OC. The minimum Gasteiger partial charge on any atom is -0.490 e. The zero-order chi connectivity index (χ0) is 30.8. The van der Waals surface area contributed by atoms with Crippen LogP contribution in [0, 0.1) is 0 Å². The minimum absolute atomic E-state index is 0.0313. The van der Waals surface area contributed by atoms with Crippen LogP contribution in [0.5, 0.6) is 5.75 Å². The Morgan fingerprint density at radius 1 is 0.860 bits per heavy atom. The largest absolute Gasteiger partial charge is 0.490 e. The summed E-state index contributed by atoms with van der Waals surface area (Å²) in [5.41, 5.74) is 1.26. The maximum absolute atomic E-state index is 12.4. The third-order valence-corrected chi connectivity index (χ3v) is 8.51. The summed E-state index contributed by atoms with van der Waals surface area (Å²) >= 11 is 0. The van der Waals surface area contributed by atoms with Gasteiger partial charge in [0, 0.05) is 50.7 Å². The van der Waals surface area contributed by atoms with Gasteiger partial charge in [-0.3, -0.25) is 4.90 Å². The molecule has 0 atom stereocenters. The summed E-state index contributed by atoms with van der Waals surface area (Å²) in [4.78, 5) is 41.6. The van der Waals surface area contributed by atoms with E-state index in [0.29, 0.717) is 24.0 Å². The predicted octanol–water partition coefficient (Wildman–Crippen LogP) is 4.50. The lowest BCUT2D eigenvalue weighted by Gasteiger charge is -2.52. The summed E-state index contributed by atoms with van der Waals surface area (Å²) < 4.78 is 27.7. The highest BCUT2D eigenvalue weighted by Crippen LogP contribution is 2.37. The summed E-state index contributed by atoms with van der Waals surface area (Å²) in [5, 5.41) is 0. The van der Waals surface area contributed by atoms with Crippen molar-refractivity contribution in [1.29, 1.82) is 0 Å². The molecule has 1 spiro atoms. The molecule has 10 heteroatoms. The molecular formula is C33H42N2O8. The van der Waals surface area contributed by atoms with Crippen molar-refractivity contribution in [2.75, 3.05) is 51.9 Å². The lowest BCUT2D eigenvalue weighted by molar-refractivity contribution is -0.143. The predicted molar refractivity (Wildman–Crippen MR) is 160 cm³/mol. The molecule has 0 bridgehead atoms. The summed E-state index contributed by atoms with van der Waals surface area (Å²) in [6.45, 7) is 9.89. The Bertz CT molecular complexity index is 1320. The number of hydrogen-bond donors (Lipinski definition) is 0. The second-order valence-corrected chi connectivity index (χ2v) is 12.6. The molecule has 3 aliphatic rings. The van der Waals surface area contributed by atoms with Crippen molar-refractivity contribution in [3.63, 3.8) is 0 Å². The molecule has 232 valence electrons. The first-order valence-corrected chi connectivity index (χ1v) is 14.9. The smallest absolute Gasteiger partial charge is 0.338 e. The molecule has 2 aliphatic heterocycles. The van der Waals surface area contributed by atoms with E-state index in [4.69, 9.17) is 23.7 Å². The van der Waals surface area contributed by atoms with E-state index in [9.17, 15) is 14.4 Å². The quantitative estimate of drug-likeness (QED) is 0.336. The van der Waals surface area contributed by atoms with Gasteiger partial charge in [-0.2, -0.15) is 0 Å². The highest BCUT2D eigenvalue weighted by atomic mass is 16.6. The van der Waals surface area contributed by atoms with E-state index in [2.05, 4.69) is 9.80 Å². The van der Waals surface area contributed by atoms with Crippen LogP contribution in [-0.2, 0) is 18.9 Å². The molecule has 2 saturated heterocycles. The number of rotatable bonds is 7. The zero-order valence-electron chi connectivity index (χ0n) is 25.7. The first-order valence-electron chi connectivity index (χ1n) is 14.9. The van der Waals surface area contributed by atoms with Gasteiger partial charge in [0.2, 0.25) is 0 Å². The fourth-order valence-corrected chi connectivity index (χ4v) is 6.09. The average molecular weight is 595 g/mol. The Balaban J connectivity index is 1.12. The van der Waals surface area contributed by atoms with Gasteiger partial charge in [0.15, 0.2) is 0 Å². The number of methoxy groups -OCH3 is 2. The van der Waals surface area contributed by atoms with Gasteiger partial charge in [-0.1, -0.05) is 0 Å². The standard InChI is InChI=1S/C33H42N2O8/c1-32(2,3)43-29(36)22-6-8-23(9-7-22)34-14-12-33(13-15-34)21-35(16-17-41-33)24-18-26(19-24)42-25-10-11-27(30(37)39-4)28(20-25)31(38)40-5/h6-11,20,24,26H,12-19,21H2,1-5H3. The Labute approximate surface area is 253 Å². The van der Waals surface area contributed by atoms with Gasteiger partial charge in [-0.25, -0.2) is 14.4 Å². The molecule has 3 fully saturated rings. The maximum Gasteiger partial charge on any atom is 0.338 e. The van der Waals surface area contributed by atoms with E-state index in [0.717, 1.165) is 57.5 Å². The van der Waals surface area contributed by atoms with Crippen LogP contribution in [0.2, 0.25) is 0 Å². The minimum atomic E-state index is -0.611. The van der Waals surface area contributed by atoms with Gasteiger partial charge in [0.05, 0.1) is 43.1 Å². The molecule has 5 rings (SSSR count).